The standard InChI is InChI=1S/C18H28N4O2/c1-18(2,3)24-17(23)15(20)13-8-7-9-14(16(13)21-12-19)22-10-5-4-6-11-22/h7-9,12,15H,4-6,10-11,20H2,1-3H3,(H2,19,21). The van der Waals surface area contributed by atoms with Crippen LogP contribution >= 0.6 is 0 Å². The molecule has 1 saturated heterocycles. The first-order valence-corrected chi connectivity index (χ1v) is 8.44. The number of aliphatic imine (C=N–C) groups is 1. The molecular weight excluding hydrogens is 304 g/mol. The highest BCUT2D eigenvalue weighted by Crippen LogP contribution is 2.37. The molecule has 0 radical (unpaired) electrons. The van der Waals surface area contributed by atoms with E-state index in [1.165, 1.54) is 12.8 Å². The highest BCUT2D eigenvalue weighted by atomic mass is 16.6. The molecule has 1 aromatic carbocycles. The van der Waals surface area contributed by atoms with Crippen LogP contribution in [0.4, 0.5) is 11.4 Å². The quantitative estimate of drug-likeness (QED) is 0.502. The van der Waals surface area contributed by atoms with Crippen molar-refractivity contribution >= 4 is 23.7 Å². The Kier molecular flexibility index (Phi) is 5.83. The number of piperidine rings is 1. The molecule has 1 atom stereocenters. The van der Waals surface area contributed by atoms with E-state index in [2.05, 4.69) is 9.89 Å². The molecule has 0 amide bonds. The van der Waals surface area contributed by atoms with Gasteiger partial charge in [0.2, 0.25) is 0 Å². The summed E-state index contributed by atoms with van der Waals surface area (Å²) in [6.45, 7) is 7.40. The molecule has 1 aromatic rings. The molecule has 1 unspecified atom stereocenters. The minimum absolute atomic E-state index is 0.466. The number of ether oxygens (including phenoxy) is 1. The molecule has 0 saturated carbocycles. The molecule has 132 valence electrons. The van der Waals surface area contributed by atoms with Gasteiger partial charge in [-0.2, -0.15) is 0 Å². The minimum Gasteiger partial charge on any atom is -0.459 e. The summed E-state index contributed by atoms with van der Waals surface area (Å²) >= 11 is 0. The summed E-state index contributed by atoms with van der Waals surface area (Å²) in [4.78, 5) is 18.9. The van der Waals surface area contributed by atoms with Crippen molar-refractivity contribution in [1.82, 2.24) is 0 Å². The Morgan fingerprint density at radius 3 is 2.54 bits per heavy atom. The Morgan fingerprint density at radius 2 is 1.96 bits per heavy atom. The van der Waals surface area contributed by atoms with Gasteiger partial charge in [-0.1, -0.05) is 12.1 Å². The first kappa shape index (κ1) is 18.3. The molecule has 4 N–H and O–H groups in total. The molecule has 0 aromatic heterocycles. The summed E-state index contributed by atoms with van der Waals surface area (Å²) < 4.78 is 5.41. The monoisotopic (exact) mass is 332 g/mol. The number of benzene rings is 1. The van der Waals surface area contributed by atoms with Gasteiger partial charge in [0.25, 0.3) is 0 Å². The maximum atomic E-state index is 12.4. The molecule has 1 heterocycles. The number of esters is 1. The number of rotatable bonds is 4. The van der Waals surface area contributed by atoms with E-state index in [-0.39, 0.29) is 0 Å². The number of hydrogen-bond donors (Lipinski definition) is 2. The third-order valence-electron chi connectivity index (χ3n) is 3.94. The lowest BCUT2D eigenvalue weighted by Gasteiger charge is -2.31. The SMILES string of the molecule is CC(C)(C)OC(=O)C(N)c1cccc(N2CCCCC2)c1N=CN. The largest absolute Gasteiger partial charge is 0.459 e. The minimum atomic E-state index is -0.896. The average molecular weight is 332 g/mol. The molecular formula is C18H28N4O2. The van der Waals surface area contributed by atoms with Crippen molar-refractivity contribution in [1.29, 1.82) is 0 Å². The van der Waals surface area contributed by atoms with Crippen LogP contribution in [0.25, 0.3) is 0 Å². The predicted octanol–water partition coefficient (Wildman–Crippen LogP) is 2.64. The summed E-state index contributed by atoms with van der Waals surface area (Å²) in [6.07, 6.45) is 4.78. The van der Waals surface area contributed by atoms with Crippen LogP contribution in [0.1, 0.15) is 51.6 Å². The molecule has 6 heteroatoms. The van der Waals surface area contributed by atoms with Crippen molar-refractivity contribution in [2.75, 3.05) is 18.0 Å². The van der Waals surface area contributed by atoms with Gasteiger partial charge in [-0.05, 0) is 46.1 Å². The van der Waals surface area contributed by atoms with Gasteiger partial charge in [0.05, 0.1) is 17.7 Å². The van der Waals surface area contributed by atoms with Crippen molar-refractivity contribution < 1.29 is 9.53 Å². The van der Waals surface area contributed by atoms with Crippen molar-refractivity contribution in [3.63, 3.8) is 0 Å². The van der Waals surface area contributed by atoms with Crippen LogP contribution in [0.5, 0.6) is 0 Å². The maximum Gasteiger partial charge on any atom is 0.328 e. The number of hydrogen-bond acceptors (Lipinski definition) is 5. The lowest BCUT2D eigenvalue weighted by molar-refractivity contribution is -0.156. The average Bonchev–Trinajstić information content (AvgIpc) is 2.54. The zero-order valence-corrected chi connectivity index (χ0v) is 14.8. The molecule has 24 heavy (non-hydrogen) atoms. The smallest absolute Gasteiger partial charge is 0.328 e. The van der Waals surface area contributed by atoms with Crippen molar-refractivity contribution in [2.24, 2.45) is 16.5 Å². The van der Waals surface area contributed by atoms with Gasteiger partial charge in [-0.3, -0.25) is 0 Å². The Labute approximate surface area is 143 Å². The van der Waals surface area contributed by atoms with Crippen LogP contribution in [0.3, 0.4) is 0 Å². The first-order chi connectivity index (χ1) is 11.3. The molecule has 1 aliphatic heterocycles. The lowest BCUT2D eigenvalue weighted by Crippen LogP contribution is -2.32. The zero-order valence-electron chi connectivity index (χ0n) is 14.8. The second kappa shape index (κ2) is 7.66. The van der Waals surface area contributed by atoms with E-state index in [1.807, 2.05) is 39.0 Å². The summed E-state index contributed by atoms with van der Waals surface area (Å²) in [5.41, 5.74) is 13.4. The fourth-order valence-electron chi connectivity index (χ4n) is 2.90. The van der Waals surface area contributed by atoms with Crippen molar-refractivity contribution in [2.45, 2.75) is 51.7 Å². The Morgan fingerprint density at radius 1 is 1.29 bits per heavy atom. The Hall–Kier alpha value is -2.08. The number of anilines is 1. The second-order valence-corrected chi connectivity index (χ2v) is 7.05. The maximum absolute atomic E-state index is 12.4. The molecule has 0 bridgehead atoms. The molecule has 0 aliphatic carbocycles. The highest BCUT2D eigenvalue weighted by Gasteiger charge is 2.27. The van der Waals surface area contributed by atoms with Gasteiger partial charge in [0.1, 0.15) is 11.6 Å². The number of para-hydroxylation sites is 1. The van der Waals surface area contributed by atoms with Gasteiger partial charge in [-0.25, -0.2) is 9.79 Å². The van der Waals surface area contributed by atoms with E-state index in [0.717, 1.165) is 31.6 Å². The summed E-state index contributed by atoms with van der Waals surface area (Å²) in [7, 11) is 0. The van der Waals surface area contributed by atoms with Gasteiger partial charge < -0.3 is 21.1 Å². The third kappa shape index (κ3) is 4.47. The van der Waals surface area contributed by atoms with Crippen molar-refractivity contribution in [3.05, 3.63) is 23.8 Å². The van der Waals surface area contributed by atoms with E-state index in [4.69, 9.17) is 16.2 Å². The van der Waals surface area contributed by atoms with E-state index >= 15 is 0 Å². The molecule has 1 fully saturated rings. The summed E-state index contributed by atoms with van der Waals surface area (Å²) in [5.74, 6) is -0.466. The third-order valence-corrected chi connectivity index (χ3v) is 3.94. The van der Waals surface area contributed by atoms with Crippen LogP contribution in [0, 0.1) is 0 Å². The van der Waals surface area contributed by atoms with Crippen LogP contribution in [0.15, 0.2) is 23.2 Å². The lowest BCUT2D eigenvalue weighted by atomic mass is 10.0. The summed E-state index contributed by atoms with van der Waals surface area (Å²) in [6, 6.07) is 4.82. The molecule has 6 nitrogen and oxygen atoms in total. The number of nitrogens with two attached hydrogens (primary N) is 2. The molecule has 1 aliphatic rings. The number of carbonyl (C=O) groups excluding carboxylic acids is 1. The van der Waals surface area contributed by atoms with E-state index in [1.54, 1.807) is 0 Å². The van der Waals surface area contributed by atoms with Crippen molar-refractivity contribution in [3.8, 4) is 0 Å². The van der Waals surface area contributed by atoms with Gasteiger partial charge in [0.15, 0.2) is 0 Å². The predicted molar refractivity (Wildman–Crippen MR) is 97.6 cm³/mol. The Bertz CT molecular complexity index is 602. The second-order valence-electron chi connectivity index (χ2n) is 7.05. The fourth-order valence-corrected chi connectivity index (χ4v) is 2.90. The van der Waals surface area contributed by atoms with Crippen LogP contribution in [0.2, 0.25) is 0 Å². The van der Waals surface area contributed by atoms with Crippen LogP contribution in [-0.4, -0.2) is 31.0 Å². The molecule has 0 spiro atoms. The first-order valence-electron chi connectivity index (χ1n) is 8.44. The highest BCUT2D eigenvalue weighted by molar-refractivity contribution is 5.84. The fraction of sp³-hybridized carbons (Fsp3) is 0.556. The van der Waals surface area contributed by atoms with Crippen LogP contribution in [-0.2, 0) is 9.53 Å². The Balaban J connectivity index is 2.36. The van der Waals surface area contributed by atoms with E-state index in [0.29, 0.717) is 11.3 Å². The molecule has 2 rings (SSSR count). The topological polar surface area (TPSA) is 93.9 Å². The van der Waals surface area contributed by atoms with E-state index in [9.17, 15) is 4.79 Å². The van der Waals surface area contributed by atoms with E-state index < -0.39 is 17.6 Å². The summed E-state index contributed by atoms with van der Waals surface area (Å²) in [5, 5.41) is 0. The number of carbonyl (C=O) groups is 1. The zero-order chi connectivity index (χ0) is 17.7. The van der Waals surface area contributed by atoms with Gasteiger partial charge in [0, 0.05) is 18.7 Å². The van der Waals surface area contributed by atoms with Gasteiger partial charge in [-0.15, -0.1) is 0 Å². The normalized spacial score (nSPS) is 17.1. The van der Waals surface area contributed by atoms with Crippen LogP contribution < -0.4 is 16.4 Å². The van der Waals surface area contributed by atoms with Gasteiger partial charge >= 0.3 is 5.97 Å². The number of nitrogens with zero attached hydrogens (tertiary/aromatic N) is 2.